The van der Waals surface area contributed by atoms with Gasteiger partial charge >= 0.3 is 0 Å². The molecule has 1 aromatic rings. The maximum Gasteiger partial charge on any atom is 0.265 e. The maximum absolute atomic E-state index is 11.2. The van der Waals surface area contributed by atoms with Gasteiger partial charge in [-0.25, -0.2) is 0 Å². The lowest BCUT2D eigenvalue weighted by molar-refractivity contribution is -0.122. The Hall–Kier alpha value is -1.03. The molecule has 1 aliphatic heterocycles. The summed E-state index contributed by atoms with van der Waals surface area (Å²) in [6.45, 7) is 1.72. The lowest BCUT2D eigenvalue weighted by Crippen LogP contribution is -2.34. The zero-order valence-corrected chi connectivity index (χ0v) is 8.59. The summed E-state index contributed by atoms with van der Waals surface area (Å²) in [5.41, 5.74) is 0.728. The number of ether oxygens (including phenoxy) is 1. The molecule has 0 fully saturated rings. The third-order valence-corrected chi connectivity index (χ3v) is 2.37. The lowest BCUT2D eigenvalue weighted by atomic mass is 10.2. The molecule has 0 saturated heterocycles. The van der Waals surface area contributed by atoms with Crippen LogP contribution < -0.4 is 10.1 Å². The van der Waals surface area contributed by atoms with E-state index in [2.05, 4.69) is 21.2 Å². The average molecular weight is 242 g/mol. The average Bonchev–Trinajstić information content (AvgIpc) is 2.08. The summed E-state index contributed by atoms with van der Waals surface area (Å²) < 4.78 is 6.32. The first kappa shape index (κ1) is 8.56. The maximum atomic E-state index is 11.2. The Bertz CT molecular complexity index is 365. The summed E-state index contributed by atoms with van der Waals surface area (Å²) in [5.74, 6) is 0.608. The number of fused-ring (bicyclic) bond motifs is 1. The fraction of sp³-hybridized carbons (Fsp3) is 0.222. The molecule has 2 rings (SSSR count). The van der Waals surface area contributed by atoms with Crippen LogP contribution in [0.1, 0.15) is 6.92 Å². The van der Waals surface area contributed by atoms with Crippen molar-refractivity contribution in [2.45, 2.75) is 13.0 Å². The van der Waals surface area contributed by atoms with E-state index >= 15 is 0 Å². The minimum atomic E-state index is -0.415. The van der Waals surface area contributed by atoms with Crippen molar-refractivity contribution in [3.63, 3.8) is 0 Å². The largest absolute Gasteiger partial charge is 0.479 e. The third-order valence-electron chi connectivity index (χ3n) is 1.87. The molecule has 0 aliphatic carbocycles. The van der Waals surface area contributed by atoms with Gasteiger partial charge in [0.2, 0.25) is 0 Å². The van der Waals surface area contributed by atoms with E-state index in [9.17, 15) is 4.79 Å². The van der Waals surface area contributed by atoms with Gasteiger partial charge in [-0.1, -0.05) is 15.9 Å². The number of amides is 1. The van der Waals surface area contributed by atoms with Crippen LogP contribution in [-0.4, -0.2) is 12.0 Å². The molecule has 0 aromatic heterocycles. The molecule has 68 valence electrons. The van der Waals surface area contributed by atoms with Gasteiger partial charge in [0.1, 0.15) is 5.75 Å². The highest BCUT2D eigenvalue weighted by Gasteiger charge is 2.22. The molecule has 0 radical (unpaired) electrons. The second kappa shape index (κ2) is 3.03. The summed E-state index contributed by atoms with van der Waals surface area (Å²) in [5, 5.41) is 2.75. The van der Waals surface area contributed by atoms with Gasteiger partial charge in [0.15, 0.2) is 6.10 Å². The van der Waals surface area contributed by atoms with Crippen LogP contribution in [0.4, 0.5) is 5.69 Å². The van der Waals surface area contributed by atoms with Crippen LogP contribution in [0.25, 0.3) is 0 Å². The van der Waals surface area contributed by atoms with Gasteiger partial charge in [0.05, 0.1) is 5.69 Å². The molecule has 1 aliphatic rings. The van der Waals surface area contributed by atoms with Crippen molar-refractivity contribution in [1.82, 2.24) is 0 Å². The second-order valence-electron chi connectivity index (χ2n) is 2.89. The molecule has 1 N–H and O–H groups in total. The van der Waals surface area contributed by atoms with Gasteiger partial charge in [0, 0.05) is 4.47 Å². The summed E-state index contributed by atoms with van der Waals surface area (Å²) in [6.07, 6.45) is -0.415. The third kappa shape index (κ3) is 1.54. The van der Waals surface area contributed by atoms with E-state index in [-0.39, 0.29) is 5.91 Å². The standard InChI is InChI=1S/C9H8BrNO2/c1-5-9(12)11-7-3-2-6(10)4-8(7)13-5/h2-5H,1H3,(H,11,12)/t5-/m0/s1. The Balaban J connectivity index is 2.42. The van der Waals surface area contributed by atoms with Crippen LogP contribution >= 0.6 is 15.9 Å². The number of anilines is 1. The molecule has 0 saturated carbocycles. The first-order valence-electron chi connectivity index (χ1n) is 3.94. The minimum absolute atomic E-state index is 0.102. The van der Waals surface area contributed by atoms with E-state index < -0.39 is 6.10 Å². The van der Waals surface area contributed by atoms with E-state index in [4.69, 9.17) is 4.74 Å². The normalized spacial score (nSPS) is 20.2. The highest BCUT2D eigenvalue weighted by molar-refractivity contribution is 9.10. The molecule has 3 nitrogen and oxygen atoms in total. The van der Waals surface area contributed by atoms with Crippen molar-refractivity contribution in [2.24, 2.45) is 0 Å². The number of halogens is 1. The molecule has 0 unspecified atom stereocenters. The summed E-state index contributed by atoms with van der Waals surface area (Å²) >= 11 is 3.33. The molecular formula is C9H8BrNO2. The number of carbonyl (C=O) groups is 1. The van der Waals surface area contributed by atoms with Crippen LogP contribution in [-0.2, 0) is 4.79 Å². The summed E-state index contributed by atoms with van der Waals surface area (Å²) in [6, 6.07) is 5.51. The van der Waals surface area contributed by atoms with Gasteiger partial charge in [-0.2, -0.15) is 0 Å². The van der Waals surface area contributed by atoms with Gasteiger partial charge < -0.3 is 10.1 Å². The number of nitrogens with one attached hydrogen (secondary N) is 1. The fourth-order valence-electron chi connectivity index (χ4n) is 1.18. The zero-order valence-electron chi connectivity index (χ0n) is 7.00. The SMILES string of the molecule is C[C@@H]1Oc2cc(Br)ccc2NC1=O. The molecule has 0 spiro atoms. The van der Waals surface area contributed by atoms with Crippen molar-refractivity contribution in [3.05, 3.63) is 22.7 Å². The van der Waals surface area contributed by atoms with Crippen LogP contribution in [0.5, 0.6) is 5.75 Å². The first-order chi connectivity index (χ1) is 6.16. The first-order valence-corrected chi connectivity index (χ1v) is 4.73. The second-order valence-corrected chi connectivity index (χ2v) is 3.81. The minimum Gasteiger partial charge on any atom is -0.479 e. The van der Waals surface area contributed by atoms with Crippen LogP contribution in [0, 0.1) is 0 Å². The Labute approximate surface area is 84.2 Å². The van der Waals surface area contributed by atoms with Crippen molar-refractivity contribution in [2.75, 3.05) is 5.32 Å². The summed E-state index contributed by atoms with van der Waals surface area (Å²) in [7, 11) is 0. The topological polar surface area (TPSA) is 38.3 Å². The van der Waals surface area contributed by atoms with E-state index in [0.717, 1.165) is 10.2 Å². The molecule has 1 heterocycles. The van der Waals surface area contributed by atoms with E-state index in [1.165, 1.54) is 0 Å². The van der Waals surface area contributed by atoms with E-state index in [1.807, 2.05) is 18.2 Å². The number of carbonyl (C=O) groups excluding carboxylic acids is 1. The number of rotatable bonds is 0. The molecule has 1 atom stereocenters. The van der Waals surface area contributed by atoms with E-state index in [1.54, 1.807) is 6.92 Å². The van der Waals surface area contributed by atoms with Gasteiger partial charge in [-0.05, 0) is 25.1 Å². The Morgan fingerprint density at radius 2 is 2.31 bits per heavy atom. The highest BCUT2D eigenvalue weighted by Crippen LogP contribution is 2.31. The lowest BCUT2D eigenvalue weighted by Gasteiger charge is -2.23. The van der Waals surface area contributed by atoms with Crippen molar-refractivity contribution < 1.29 is 9.53 Å². The van der Waals surface area contributed by atoms with Gasteiger partial charge in [-0.3, -0.25) is 4.79 Å². The Morgan fingerprint density at radius 3 is 3.08 bits per heavy atom. The van der Waals surface area contributed by atoms with Crippen molar-refractivity contribution in [1.29, 1.82) is 0 Å². The Kier molecular flexibility index (Phi) is 2.00. The van der Waals surface area contributed by atoms with Crippen molar-refractivity contribution in [3.8, 4) is 5.75 Å². The van der Waals surface area contributed by atoms with Crippen LogP contribution in [0.15, 0.2) is 22.7 Å². The highest BCUT2D eigenvalue weighted by atomic mass is 79.9. The van der Waals surface area contributed by atoms with Gasteiger partial charge in [0.25, 0.3) is 5.91 Å². The van der Waals surface area contributed by atoms with Crippen molar-refractivity contribution >= 4 is 27.5 Å². The predicted molar refractivity (Wildman–Crippen MR) is 52.9 cm³/mol. The molecule has 13 heavy (non-hydrogen) atoms. The molecule has 1 aromatic carbocycles. The molecule has 4 heteroatoms. The summed E-state index contributed by atoms with van der Waals surface area (Å²) in [4.78, 5) is 11.2. The predicted octanol–water partition coefficient (Wildman–Crippen LogP) is 2.17. The zero-order chi connectivity index (χ0) is 9.42. The number of benzene rings is 1. The smallest absolute Gasteiger partial charge is 0.265 e. The van der Waals surface area contributed by atoms with Crippen LogP contribution in [0.3, 0.4) is 0 Å². The monoisotopic (exact) mass is 241 g/mol. The van der Waals surface area contributed by atoms with Gasteiger partial charge in [-0.15, -0.1) is 0 Å². The Morgan fingerprint density at radius 1 is 1.54 bits per heavy atom. The quantitative estimate of drug-likeness (QED) is 0.757. The number of hydrogen-bond acceptors (Lipinski definition) is 2. The molecular weight excluding hydrogens is 234 g/mol. The molecule has 1 amide bonds. The fourth-order valence-corrected chi connectivity index (χ4v) is 1.52. The van der Waals surface area contributed by atoms with E-state index in [0.29, 0.717) is 5.75 Å². The molecule has 0 bridgehead atoms. The number of hydrogen-bond donors (Lipinski definition) is 1. The van der Waals surface area contributed by atoms with Crippen LogP contribution in [0.2, 0.25) is 0 Å².